The Bertz CT molecular complexity index is 571. The molecule has 0 atom stereocenters. The Kier molecular flexibility index (Phi) is 3.66. The summed E-state index contributed by atoms with van der Waals surface area (Å²) in [6, 6.07) is 1.87. The second kappa shape index (κ2) is 4.96. The van der Waals surface area contributed by atoms with Gasteiger partial charge in [0.15, 0.2) is 9.84 Å². The Balaban J connectivity index is 2.00. The molecule has 0 radical (unpaired) electrons. The molecule has 1 fully saturated rings. The monoisotopic (exact) mass is 285 g/mol. The molecular formula is C12H19N3O3S. The van der Waals surface area contributed by atoms with Crippen molar-refractivity contribution in [1.82, 2.24) is 14.7 Å². The van der Waals surface area contributed by atoms with Crippen molar-refractivity contribution in [2.75, 3.05) is 18.8 Å². The van der Waals surface area contributed by atoms with E-state index < -0.39 is 15.1 Å². The second-order valence-corrected chi connectivity index (χ2v) is 7.63. The fourth-order valence-corrected chi connectivity index (χ4v) is 3.25. The van der Waals surface area contributed by atoms with Crippen molar-refractivity contribution in [2.45, 2.75) is 32.1 Å². The van der Waals surface area contributed by atoms with Gasteiger partial charge in [-0.05, 0) is 19.9 Å². The standard InChI is InChI=1S/C12H19N3O3S/c1-4-19(17,18)10-7-14(8-10)12(16)11-5-6-15(13-11)9(2)3/h5-6,9-10H,4,7-8H2,1-3H3. The molecule has 1 amide bonds. The Hall–Kier alpha value is -1.37. The van der Waals surface area contributed by atoms with Gasteiger partial charge in [-0.3, -0.25) is 9.48 Å². The molecule has 0 N–H and O–H groups in total. The SMILES string of the molecule is CCS(=O)(=O)C1CN(C(=O)c2ccn(C(C)C)n2)C1. The molecule has 19 heavy (non-hydrogen) atoms. The minimum Gasteiger partial charge on any atom is -0.335 e. The highest BCUT2D eigenvalue weighted by atomic mass is 32.2. The molecule has 0 aliphatic carbocycles. The fourth-order valence-electron chi connectivity index (χ4n) is 1.97. The van der Waals surface area contributed by atoms with Crippen LogP contribution >= 0.6 is 0 Å². The van der Waals surface area contributed by atoms with E-state index >= 15 is 0 Å². The lowest BCUT2D eigenvalue weighted by molar-refractivity contribution is 0.0651. The molecular weight excluding hydrogens is 266 g/mol. The lowest BCUT2D eigenvalue weighted by atomic mass is 10.2. The summed E-state index contributed by atoms with van der Waals surface area (Å²) in [5, 5.41) is 3.79. The third kappa shape index (κ3) is 2.65. The largest absolute Gasteiger partial charge is 0.335 e. The molecule has 2 rings (SSSR count). The van der Waals surface area contributed by atoms with Crippen molar-refractivity contribution in [3.05, 3.63) is 18.0 Å². The lowest BCUT2D eigenvalue weighted by Crippen LogP contribution is -2.57. The Morgan fingerprint density at radius 3 is 2.58 bits per heavy atom. The Morgan fingerprint density at radius 1 is 1.47 bits per heavy atom. The minimum absolute atomic E-state index is 0.127. The van der Waals surface area contributed by atoms with Gasteiger partial charge >= 0.3 is 0 Å². The minimum atomic E-state index is -3.04. The molecule has 0 bridgehead atoms. The molecule has 1 saturated heterocycles. The summed E-state index contributed by atoms with van der Waals surface area (Å²) in [6.07, 6.45) is 1.76. The number of rotatable bonds is 4. The number of nitrogens with zero attached hydrogens (tertiary/aromatic N) is 3. The van der Waals surface area contributed by atoms with Crippen LogP contribution in [0.2, 0.25) is 0 Å². The van der Waals surface area contributed by atoms with Crippen molar-refractivity contribution in [2.24, 2.45) is 0 Å². The highest BCUT2D eigenvalue weighted by Crippen LogP contribution is 2.19. The van der Waals surface area contributed by atoms with Gasteiger partial charge < -0.3 is 4.90 Å². The number of hydrogen-bond donors (Lipinski definition) is 0. The third-order valence-electron chi connectivity index (χ3n) is 3.40. The number of amides is 1. The summed E-state index contributed by atoms with van der Waals surface area (Å²) in [5.74, 6) is -0.0660. The first-order valence-electron chi connectivity index (χ1n) is 6.41. The molecule has 0 spiro atoms. The molecule has 0 saturated carbocycles. The lowest BCUT2D eigenvalue weighted by Gasteiger charge is -2.38. The molecule has 7 heteroatoms. The summed E-state index contributed by atoms with van der Waals surface area (Å²) in [6.45, 7) is 6.15. The number of sulfone groups is 1. The van der Waals surface area contributed by atoms with Crippen molar-refractivity contribution in [3.8, 4) is 0 Å². The zero-order valence-corrected chi connectivity index (χ0v) is 12.2. The van der Waals surface area contributed by atoms with E-state index in [4.69, 9.17) is 0 Å². The molecule has 0 aromatic carbocycles. The van der Waals surface area contributed by atoms with Gasteiger partial charge in [0.25, 0.3) is 5.91 Å². The van der Waals surface area contributed by atoms with Crippen LogP contribution in [0.1, 0.15) is 37.3 Å². The summed E-state index contributed by atoms with van der Waals surface area (Å²) in [4.78, 5) is 13.6. The van der Waals surface area contributed by atoms with Gasteiger partial charge in [-0.2, -0.15) is 5.10 Å². The quantitative estimate of drug-likeness (QED) is 0.817. The first-order chi connectivity index (χ1) is 8.85. The van der Waals surface area contributed by atoms with Gasteiger partial charge in [0.05, 0.1) is 5.25 Å². The highest BCUT2D eigenvalue weighted by Gasteiger charge is 2.39. The van der Waals surface area contributed by atoms with E-state index in [9.17, 15) is 13.2 Å². The van der Waals surface area contributed by atoms with Gasteiger partial charge in [0.1, 0.15) is 5.69 Å². The highest BCUT2D eigenvalue weighted by molar-refractivity contribution is 7.92. The molecule has 6 nitrogen and oxygen atoms in total. The first kappa shape index (κ1) is 14.0. The van der Waals surface area contributed by atoms with Gasteiger partial charge in [-0.15, -0.1) is 0 Å². The normalized spacial score (nSPS) is 16.7. The molecule has 1 aromatic rings. The van der Waals surface area contributed by atoms with Crippen molar-refractivity contribution < 1.29 is 13.2 Å². The summed E-state index contributed by atoms with van der Waals surface area (Å²) in [5.41, 5.74) is 0.376. The smallest absolute Gasteiger partial charge is 0.274 e. The van der Waals surface area contributed by atoms with E-state index in [-0.39, 0.29) is 30.8 Å². The Morgan fingerprint density at radius 2 is 2.11 bits per heavy atom. The topological polar surface area (TPSA) is 72.3 Å². The molecule has 0 unspecified atom stereocenters. The number of hydrogen-bond acceptors (Lipinski definition) is 4. The predicted octanol–water partition coefficient (Wildman–Crippen LogP) is 0.723. The first-order valence-corrected chi connectivity index (χ1v) is 8.12. The van der Waals surface area contributed by atoms with E-state index in [0.717, 1.165) is 0 Å². The number of carbonyl (C=O) groups excluding carboxylic acids is 1. The molecule has 1 aliphatic rings. The van der Waals surface area contributed by atoms with Crippen molar-refractivity contribution in [3.63, 3.8) is 0 Å². The molecule has 1 aromatic heterocycles. The van der Waals surface area contributed by atoms with Crippen LogP contribution < -0.4 is 0 Å². The molecule has 2 heterocycles. The van der Waals surface area contributed by atoms with Gasteiger partial charge in [0.2, 0.25) is 0 Å². The van der Waals surface area contributed by atoms with E-state index in [0.29, 0.717) is 5.69 Å². The van der Waals surface area contributed by atoms with Crippen LogP contribution in [0.25, 0.3) is 0 Å². The fraction of sp³-hybridized carbons (Fsp3) is 0.667. The van der Waals surface area contributed by atoms with Crippen molar-refractivity contribution in [1.29, 1.82) is 0 Å². The van der Waals surface area contributed by atoms with Crippen LogP contribution in [-0.2, 0) is 9.84 Å². The zero-order valence-electron chi connectivity index (χ0n) is 11.4. The van der Waals surface area contributed by atoms with E-state index in [1.54, 1.807) is 23.9 Å². The molecule has 106 valence electrons. The third-order valence-corrected chi connectivity index (χ3v) is 5.52. The van der Waals surface area contributed by atoms with Crippen LogP contribution in [0.4, 0.5) is 0 Å². The number of carbonyl (C=O) groups is 1. The summed E-state index contributed by atoms with van der Waals surface area (Å²) >= 11 is 0. The maximum absolute atomic E-state index is 12.1. The number of aromatic nitrogens is 2. The van der Waals surface area contributed by atoms with Crippen molar-refractivity contribution >= 4 is 15.7 Å². The van der Waals surface area contributed by atoms with E-state index in [2.05, 4.69) is 5.10 Å². The molecule has 1 aliphatic heterocycles. The average molecular weight is 285 g/mol. The predicted molar refractivity (Wildman–Crippen MR) is 71.8 cm³/mol. The maximum atomic E-state index is 12.1. The van der Waals surface area contributed by atoms with Gasteiger partial charge in [-0.1, -0.05) is 6.92 Å². The van der Waals surface area contributed by atoms with Gasteiger partial charge in [-0.25, -0.2) is 8.42 Å². The maximum Gasteiger partial charge on any atom is 0.274 e. The van der Waals surface area contributed by atoms with Crippen LogP contribution in [0.15, 0.2) is 12.3 Å². The zero-order chi connectivity index (χ0) is 14.2. The van der Waals surface area contributed by atoms with E-state index in [1.165, 1.54) is 4.90 Å². The summed E-state index contributed by atoms with van der Waals surface area (Å²) in [7, 11) is -3.04. The average Bonchev–Trinajstić information content (AvgIpc) is 2.75. The number of likely N-dealkylation sites (tertiary alicyclic amines) is 1. The Labute approximate surface area is 113 Å². The van der Waals surface area contributed by atoms with Gasteiger partial charge in [0, 0.05) is 31.1 Å². The van der Waals surface area contributed by atoms with E-state index in [1.807, 2.05) is 13.8 Å². The summed E-state index contributed by atoms with van der Waals surface area (Å²) < 4.78 is 25.0. The second-order valence-electron chi connectivity index (χ2n) is 5.06. The van der Waals surface area contributed by atoms with Crippen LogP contribution in [0.3, 0.4) is 0 Å². The van der Waals surface area contributed by atoms with Crippen LogP contribution in [-0.4, -0.2) is 53.1 Å². The van der Waals surface area contributed by atoms with Crippen LogP contribution in [0.5, 0.6) is 0 Å². The van der Waals surface area contributed by atoms with Crippen LogP contribution in [0, 0.1) is 0 Å².